The molecule has 18 heavy (non-hydrogen) atoms. The van der Waals surface area contributed by atoms with Crippen molar-refractivity contribution in [2.24, 2.45) is 5.92 Å². The molecule has 4 heteroatoms. The first-order valence-corrected chi connectivity index (χ1v) is 6.44. The Morgan fingerprint density at radius 2 is 1.89 bits per heavy atom. The molecule has 1 N–H and O–H groups in total. The van der Waals surface area contributed by atoms with Crippen LogP contribution in [0.5, 0.6) is 0 Å². The van der Waals surface area contributed by atoms with E-state index in [1.807, 2.05) is 0 Å². The van der Waals surface area contributed by atoms with Gasteiger partial charge in [-0.1, -0.05) is 0 Å². The topological polar surface area (TPSA) is 15.3 Å². The summed E-state index contributed by atoms with van der Waals surface area (Å²) in [6, 6.07) is 3.10. The number of halogens is 2. The highest BCUT2D eigenvalue weighted by Crippen LogP contribution is 2.25. The summed E-state index contributed by atoms with van der Waals surface area (Å²) < 4.78 is 27.1. The van der Waals surface area contributed by atoms with Gasteiger partial charge in [0, 0.05) is 14.1 Å². The Kier molecular flexibility index (Phi) is 4.17. The van der Waals surface area contributed by atoms with Crippen molar-refractivity contribution >= 4 is 5.69 Å². The van der Waals surface area contributed by atoms with E-state index in [-0.39, 0.29) is 0 Å². The smallest absolute Gasteiger partial charge is 0.182 e. The van der Waals surface area contributed by atoms with Gasteiger partial charge < -0.3 is 10.2 Å². The fourth-order valence-corrected chi connectivity index (χ4v) is 2.49. The van der Waals surface area contributed by atoms with Crippen LogP contribution in [0.4, 0.5) is 14.5 Å². The summed E-state index contributed by atoms with van der Waals surface area (Å²) in [5, 5.41) is 3.31. The Balaban J connectivity index is 2.17. The number of hydrogen-bond donors (Lipinski definition) is 1. The van der Waals surface area contributed by atoms with Crippen molar-refractivity contribution in [1.29, 1.82) is 0 Å². The molecule has 0 aliphatic carbocycles. The predicted molar refractivity (Wildman–Crippen MR) is 70.0 cm³/mol. The molecule has 0 atom stereocenters. The zero-order valence-corrected chi connectivity index (χ0v) is 11.0. The number of anilines is 1. The van der Waals surface area contributed by atoms with Gasteiger partial charge in [0.2, 0.25) is 0 Å². The van der Waals surface area contributed by atoms with Gasteiger partial charge in [0.1, 0.15) is 0 Å². The Morgan fingerprint density at radius 3 is 2.50 bits per heavy atom. The van der Waals surface area contributed by atoms with Crippen LogP contribution in [0.2, 0.25) is 0 Å². The van der Waals surface area contributed by atoms with Crippen LogP contribution in [0.25, 0.3) is 0 Å². The Morgan fingerprint density at radius 1 is 1.22 bits per heavy atom. The van der Waals surface area contributed by atoms with E-state index in [4.69, 9.17) is 0 Å². The highest BCUT2D eigenvalue weighted by molar-refractivity contribution is 5.49. The van der Waals surface area contributed by atoms with E-state index in [0.717, 1.165) is 37.9 Å². The highest BCUT2D eigenvalue weighted by Gasteiger charge is 2.17. The van der Waals surface area contributed by atoms with E-state index in [2.05, 4.69) is 5.32 Å². The summed E-state index contributed by atoms with van der Waals surface area (Å²) in [4.78, 5) is 1.62. The van der Waals surface area contributed by atoms with E-state index in [1.165, 1.54) is 6.07 Å². The Labute approximate surface area is 107 Å². The number of hydrogen-bond acceptors (Lipinski definition) is 2. The molecule has 1 aromatic rings. The van der Waals surface area contributed by atoms with Crippen LogP contribution in [0.15, 0.2) is 12.1 Å². The standard InChI is InChI=1S/C14H20F2N2/c1-18(2)13-9-11(8-12(15)14(13)16)7-10-3-5-17-6-4-10/h8-10,17H,3-7H2,1-2H3. The maximum atomic E-state index is 13.6. The summed E-state index contributed by atoms with van der Waals surface area (Å²) in [6.45, 7) is 2.05. The molecule has 0 saturated carbocycles. The van der Waals surface area contributed by atoms with Crippen molar-refractivity contribution in [3.05, 3.63) is 29.3 Å². The predicted octanol–water partition coefficient (Wildman–Crippen LogP) is 2.57. The largest absolute Gasteiger partial charge is 0.375 e. The number of piperidine rings is 1. The minimum Gasteiger partial charge on any atom is -0.375 e. The van der Waals surface area contributed by atoms with E-state index in [0.29, 0.717) is 11.6 Å². The van der Waals surface area contributed by atoms with Gasteiger partial charge in [-0.25, -0.2) is 8.78 Å². The minimum atomic E-state index is -0.755. The quantitative estimate of drug-likeness (QED) is 0.892. The van der Waals surface area contributed by atoms with Crippen molar-refractivity contribution in [3.63, 3.8) is 0 Å². The first-order valence-electron chi connectivity index (χ1n) is 6.44. The maximum absolute atomic E-state index is 13.6. The zero-order chi connectivity index (χ0) is 13.1. The van der Waals surface area contributed by atoms with Crippen LogP contribution >= 0.6 is 0 Å². The second-order valence-electron chi connectivity index (χ2n) is 5.20. The van der Waals surface area contributed by atoms with E-state index >= 15 is 0 Å². The van der Waals surface area contributed by atoms with Crippen LogP contribution in [0.3, 0.4) is 0 Å². The van der Waals surface area contributed by atoms with E-state index < -0.39 is 11.6 Å². The molecule has 2 nitrogen and oxygen atoms in total. The summed E-state index contributed by atoms with van der Waals surface area (Å²) in [5.74, 6) is -0.926. The van der Waals surface area contributed by atoms with Crippen LogP contribution in [-0.4, -0.2) is 27.2 Å². The molecular weight excluding hydrogens is 234 g/mol. The van der Waals surface area contributed by atoms with Crippen molar-refractivity contribution in [1.82, 2.24) is 5.32 Å². The molecule has 1 aliphatic rings. The molecule has 1 aromatic carbocycles. The van der Waals surface area contributed by atoms with Gasteiger partial charge >= 0.3 is 0 Å². The summed E-state index contributed by atoms with van der Waals surface area (Å²) in [5.41, 5.74) is 1.23. The molecule has 0 aromatic heterocycles. The second kappa shape index (κ2) is 5.65. The molecule has 1 saturated heterocycles. The third-order valence-electron chi connectivity index (χ3n) is 3.53. The first-order chi connectivity index (χ1) is 8.58. The van der Waals surface area contributed by atoms with Gasteiger partial charge in [-0.05, 0) is 56.0 Å². The van der Waals surface area contributed by atoms with Crippen molar-refractivity contribution in [2.45, 2.75) is 19.3 Å². The average molecular weight is 254 g/mol. The molecular formula is C14H20F2N2. The van der Waals surface area contributed by atoms with Gasteiger partial charge in [-0.2, -0.15) is 0 Å². The molecule has 0 bridgehead atoms. The fourth-order valence-electron chi connectivity index (χ4n) is 2.49. The fraction of sp³-hybridized carbons (Fsp3) is 0.571. The van der Waals surface area contributed by atoms with Crippen LogP contribution in [0.1, 0.15) is 18.4 Å². The van der Waals surface area contributed by atoms with E-state index in [9.17, 15) is 8.78 Å². The summed E-state index contributed by atoms with van der Waals surface area (Å²) in [6.07, 6.45) is 3.05. The van der Waals surface area contributed by atoms with Gasteiger partial charge in [0.25, 0.3) is 0 Å². The lowest BCUT2D eigenvalue weighted by Crippen LogP contribution is -2.28. The van der Waals surface area contributed by atoms with E-state index in [1.54, 1.807) is 25.1 Å². The lowest BCUT2D eigenvalue weighted by molar-refractivity contribution is 0.372. The van der Waals surface area contributed by atoms with Crippen LogP contribution < -0.4 is 10.2 Å². The maximum Gasteiger partial charge on any atom is 0.182 e. The highest BCUT2D eigenvalue weighted by atomic mass is 19.2. The lowest BCUT2D eigenvalue weighted by atomic mass is 9.91. The lowest BCUT2D eigenvalue weighted by Gasteiger charge is -2.23. The molecule has 1 heterocycles. The monoisotopic (exact) mass is 254 g/mol. The molecule has 1 aliphatic heterocycles. The molecule has 0 unspecified atom stereocenters. The summed E-state index contributed by atoms with van der Waals surface area (Å²) >= 11 is 0. The molecule has 0 amide bonds. The Hall–Kier alpha value is -1.16. The average Bonchev–Trinajstić information content (AvgIpc) is 2.34. The van der Waals surface area contributed by atoms with Crippen molar-refractivity contribution < 1.29 is 8.78 Å². The molecule has 1 fully saturated rings. The molecule has 0 radical (unpaired) electrons. The summed E-state index contributed by atoms with van der Waals surface area (Å²) in [7, 11) is 3.46. The third-order valence-corrected chi connectivity index (χ3v) is 3.53. The normalized spacial score (nSPS) is 16.9. The number of benzene rings is 1. The second-order valence-corrected chi connectivity index (χ2v) is 5.20. The molecule has 100 valence electrons. The van der Waals surface area contributed by atoms with Crippen molar-refractivity contribution in [2.75, 3.05) is 32.1 Å². The first kappa shape index (κ1) is 13.3. The van der Waals surface area contributed by atoms with Crippen LogP contribution in [-0.2, 0) is 6.42 Å². The van der Waals surface area contributed by atoms with Gasteiger partial charge in [0.05, 0.1) is 5.69 Å². The SMILES string of the molecule is CN(C)c1cc(CC2CCNCC2)cc(F)c1F. The third kappa shape index (κ3) is 2.99. The molecule has 0 spiro atoms. The molecule has 2 rings (SSSR count). The van der Waals surface area contributed by atoms with Crippen molar-refractivity contribution in [3.8, 4) is 0 Å². The number of nitrogens with zero attached hydrogens (tertiary/aromatic N) is 1. The number of nitrogens with one attached hydrogen (secondary N) is 1. The van der Waals surface area contributed by atoms with Gasteiger partial charge in [-0.3, -0.25) is 0 Å². The minimum absolute atomic E-state index is 0.332. The number of rotatable bonds is 3. The Bertz CT molecular complexity index is 413. The van der Waals surface area contributed by atoms with Gasteiger partial charge in [-0.15, -0.1) is 0 Å². The van der Waals surface area contributed by atoms with Gasteiger partial charge in [0.15, 0.2) is 11.6 Å². The van der Waals surface area contributed by atoms with Crippen LogP contribution in [0, 0.1) is 17.6 Å². The zero-order valence-electron chi connectivity index (χ0n) is 11.0.